The molecule has 4 nitrogen and oxygen atoms in total. The number of hydrogen-bond acceptors (Lipinski definition) is 4. The van der Waals surface area contributed by atoms with Crippen molar-refractivity contribution in [3.63, 3.8) is 0 Å². The summed E-state index contributed by atoms with van der Waals surface area (Å²) in [5.41, 5.74) is 6.50. The van der Waals surface area contributed by atoms with E-state index in [2.05, 4.69) is 0 Å². The lowest BCUT2D eigenvalue weighted by Gasteiger charge is -2.02. The molecule has 1 heterocycles. The molecule has 0 aliphatic rings. The van der Waals surface area contributed by atoms with E-state index < -0.39 is 5.97 Å². The van der Waals surface area contributed by atoms with Gasteiger partial charge in [0.15, 0.2) is 0 Å². The third-order valence-corrected chi connectivity index (χ3v) is 3.27. The van der Waals surface area contributed by atoms with Gasteiger partial charge in [0.25, 0.3) is 0 Å². The van der Waals surface area contributed by atoms with Crippen LogP contribution < -0.4 is 5.73 Å². The molecule has 3 N–H and O–H groups in total. The van der Waals surface area contributed by atoms with Crippen LogP contribution in [0.2, 0.25) is 0 Å². The molecule has 1 aromatic heterocycles. The highest BCUT2D eigenvalue weighted by atomic mass is 32.2. The van der Waals surface area contributed by atoms with Crippen molar-refractivity contribution in [3.8, 4) is 0 Å². The van der Waals surface area contributed by atoms with Crippen molar-refractivity contribution in [2.45, 2.75) is 10.6 Å². The van der Waals surface area contributed by atoms with Crippen LogP contribution >= 0.6 is 11.8 Å². The van der Waals surface area contributed by atoms with Gasteiger partial charge in [-0.15, -0.1) is 11.8 Å². The van der Waals surface area contributed by atoms with Crippen molar-refractivity contribution < 1.29 is 14.3 Å². The Hall–Kier alpha value is -1.88. The minimum absolute atomic E-state index is 0.0402. The first-order chi connectivity index (χ1) is 8.16. The van der Waals surface area contributed by atoms with Gasteiger partial charge in [-0.25, -0.2) is 4.79 Å². The Bertz CT molecular complexity index is 536. The Kier molecular flexibility index (Phi) is 3.39. The lowest BCUT2D eigenvalue weighted by atomic mass is 10.3. The van der Waals surface area contributed by atoms with Crippen LogP contribution in [-0.2, 0) is 5.75 Å². The van der Waals surface area contributed by atoms with E-state index in [1.54, 1.807) is 6.07 Å². The van der Waals surface area contributed by atoms with Crippen LogP contribution in [0, 0.1) is 0 Å². The molecular weight excluding hydrogens is 238 g/mol. The second-order valence-electron chi connectivity index (χ2n) is 3.40. The number of carboxylic acid groups (broad SMARTS) is 1. The molecular formula is C12H11NO3S. The Morgan fingerprint density at radius 2 is 2.06 bits per heavy atom. The van der Waals surface area contributed by atoms with Crippen molar-refractivity contribution in [3.05, 3.63) is 47.9 Å². The van der Waals surface area contributed by atoms with Crippen LogP contribution in [0.1, 0.15) is 16.3 Å². The third-order valence-electron chi connectivity index (χ3n) is 2.16. The number of hydrogen-bond donors (Lipinski definition) is 2. The van der Waals surface area contributed by atoms with Gasteiger partial charge in [0.05, 0.1) is 5.75 Å². The predicted octanol–water partition coefficient (Wildman–Crippen LogP) is 2.85. The Balaban J connectivity index is 2.02. The van der Waals surface area contributed by atoms with Crippen LogP contribution in [0.25, 0.3) is 0 Å². The van der Waals surface area contributed by atoms with Crippen molar-refractivity contribution in [2.24, 2.45) is 0 Å². The number of nitrogen functional groups attached to an aromatic ring is 1. The van der Waals surface area contributed by atoms with Gasteiger partial charge < -0.3 is 15.3 Å². The standard InChI is InChI=1S/C12H11NO3S/c13-9-3-1-2-4-11(9)17-7-8-5-6-10(16-8)12(14)15/h1-6H,7,13H2,(H,14,15). The summed E-state index contributed by atoms with van der Waals surface area (Å²) in [6.45, 7) is 0. The van der Waals surface area contributed by atoms with E-state index in [1.807, 2.05) is 24.3 Å². The van der Waals surface area contributed by atoms with E-state index in [-0.39, 0.29) is 5.76 Å². The fourth-order valence-electron chi connectivity index (χ4n) is 1.33. The van der Waals surface area contributed by atoms with E-state index in [4.69, 9.17) is 15.3 Å². The highest BCUT2D eigenvalue weighted by Crippen LogP contribution is 2.28. The van der Waals surface area contributed by atoms with E-state index in [9.17, 15) is 4.79 Å². The molecule has 0 amide bonds. The zero-order valence-corrected chi connectivity index (χ0v) is 9.74. The molecule has 0 radical (unpaired) electrons. The topological polar surface area (TPSA) is 76.5 Å². The maximum absolute atomic E-state index is 10.6. The zero-order valence-electron chi connectivity index (χ0n) is 8.92. The maximum Gasteiger partial charge on any atom is 0.371 e. The minimum atomic E-state index is -1.06. The normalized spacial score (nSPS) is 10.4. The van der Waals surface area contributed by atoms with E-state index in [1.165, 1.54) is 17.8 Å². The van der Waals surface area contributed by atoms with Gasteiger partial charge in [-0.3, -0.25) is 0 Å². The van der Waals surface area contributed by atoms with Crippen LogP contribution in [-0.4, -0.2) is 11.1 Å². The van der Waals surface area contributed by atoms with Crippen LogP contribution in [0.4, 0.5) is 5.69 Å². The van der Waals surface area contributed by atoms with Crippen molar-refractivity contribution >= 4 is 23.4 Å². The van der Waals surface area contributed by atoms with E-state index >= 15 is 0 Å². The SMILES string of the molecule is Nc1ccccc1SCc1ccc(C(=O)O)o1. The molecule has 0 aliphatic heterocycles. The summed E-state index contributed by atoms with van der Waals surface area (Å²) >= 11 is 1.51. The van der Waals surface area contributed by atoms with Crippen molar-refractivity contribution in [2.75, 3.05) is 5.73 Å². The number of furan rings is 1. The number of carboxylic acids is 1. The number of para-hydroxylation sites is 1. The third kappa shape index (κ3) is 2.82. The number of rotatable bonds is 4. The summed E-state index contributed by atoms with van der Waals surface area (Å²) in [6.07, 6.45) is 0. The molecule has 0 spiro atoms. The predicted molar refractivity (Wildman–Crippen MR) is 66.1 cm³/mol. The number of benzene rings is 1. The molecule has 0 aliphatic carbocycles. The second kappa shape index (κ2) is 4.97. The highest BCUT2D eigenvalue weighted by Gasteiger charge is 2.09. The maximum atomic E-state index is 10.6. The smallest absolute Gasteiger partial charge is 0.371 e. The summed E-state index contributed by atoms with van der Waals surface area (Å²) in [4.78, 5) is 11.6. The number of thioether (sulfide) groups is 1. The quantitative estimate of drug-likeness (QED) is 0.643. The average molecular weight is 249 g/mol. The fraction of sp³-hybridized carbons (Fsp3) is 0.0833. The summed E-state index contributed by atoms with van der Waals surface area (Å²) in [5.74, 6) is 0.0827. The molecule has 0 fully saturated rings. The monoisotopic (exact) mass is 249 g/mol. The molecule has 5 heteroatoms. The molecule has 2 aromatic rings. The first-order valence-corrected chi connectivity index (χ1v) is 5.94. The molecule has 0 atom stereocenters. The molecule has 2 rings (SSSR count). The lowest BCUT2D eigenvalue weighted by molar-refractivity contribution is 0.0661. The highest BCUT2D eigenvalue weighted by molar-refractivity contribution is 7.98. The van der Waals surface area contributed by atoms with E-state index in [0.29, 0.717) is 17.2 Å². The summed E-state index contributed by atoms with van der Waals surface area (Å²) < 4.78 is 5.15. The summed E-state index contributed by atoms with van der Waals surface area (Å²) in [5, 5.41) is 8.71. The Morgan fingerprint density at radius 1 is 1.29 bits per heavy atom. The molecule has 88 valence electrons. The first kappa shape index (κ1) is 11.6. The Labute approximate surface area is 102 Å². The van der Waals surface area contributed by atoms with Crippen molar-refractivity contribution in [1.29, 1.82) is 0 Å². The minimum Gasteiger partial charge on any atom is -0.475 e. The number of nitrogens with two attached hydrogens (primary N) is 1. The molecule has 0 bridgehead atoms. The summed E-state index contributed by atoms with van der Waals surface area (Å²) in [7, 11) is 0. The Morgan fingerprint density at radius 3 is 2.71 bits per heavy atom. The van der Waals surface area contributed by atoms with Crippen LogP contribution in [0.3, 0.4) is 0 Å². The first-order valence-electron chi connectivity index (χ1n) is 4.96. The van der Waals surface area contributed by atoms with Crippen LogP contribution in [0.15, 0.2) is 45.7 Å². The van der Waals surface area contributed by atoms with Gasteiger partial charge >= 0.3 is 5.97 Å². The van der Waals surface area contributed by atoms with Gasteiger partial charge in [0, 0.05) is 10.6 Å². The number of aromatic carboxylic acids is 1. The fourth-order valence-corrected chi connectivity index (χ4v) is 2.19. The van der Waals surface area contributed by atoms with Gasteiger partial charge in [-0.1, -0.05) is 12.1 Å². The molecule has 0 unspecified atom stereocenters. The zero-order chi connectivity index (χ0) is 12.3. The molecule has 0 saturated heterocycles. The average Bonchev–Trinajstić information content (AvgIpc) is 2.77. The molecule has 0 saturated carbocycles. The van der Waals surface area contributed by atoms with Gasteiger partial charge in [0.2, 0.25) is 5.76 Å². The molecule has 1 aromatic carbocycles. The largest absolute Gasteiger partial charge is 0.475 e. The van der Waals surface area contributed by atoms with Crippen LogP contribution in [0.5, 0.6) is 0 Å². The van der Waals surface area contributed by atoms with Gasteiger partial charge in [0.1, 0.15) is 5.76 Å². The summed E-state index contributed by atoms with van der Waals surface area (Å²) in [6, 6.07) is 10.6. The second-order valence-corrected chi connectivity index (χ2v) is 4.41. The lowest BCUT2D eigenvalue weighted by Crippen LogP contribution is -1.91. The van der Waals surface area contributed by atoms with Crippen molar-refractivity contribution in [1.82, 2.24) is 0 Å². The number of anilines is 1. The van der Waals surface area contributed by atoms with Gasteiger partial charge in [-0.2, -0.15) is 0 Å². The van der Waals surface area contributed by atoms with Gasteiger partial charge in [-0.05, 0) is 24.3 Å². The molecule has 17 heavy (non-hydrogen) atoms. The van der Waals surface area contributed by atoms with E-state index in [0.717, 1.165) is 4.90 Å². The number of carbonyl (C=O) groups is 1.